The number of hydrogen-bond acceptors (Lipinski definition) is 4. The third-order valence-electron chi connectivity index (χ3n) is 4.45. The molecule has 0 aliphatic heterocycles. The molecule has 0 aliphatic rings. The van der Waals surface area contributed by atoms with Crippen molar-refractivity contribution in [3.63, 3.8) is 0 Å². The molecule has 29 heavy (non-hydrogen) atoms. The zero-order valence-corrected chi connectivity index (χ0v) is 15.4. The highest BCUT2D eigenvalue weighted by Gasteiger charge is 2.14. The van der Waals surface area contributed by atoms with Gasteiger partial charge in [0.25, 0.3) is 5.91 Å². The molecular weight excluding hydrogens is 364 g/mol. The molecule has 0 bridgehead atoms. The van der Waals surface area contributed by atoms with Gasteiger partial charge in [0.2, 0.25) is 0 Å². The molecular formula is C22H18N6O. The van der Waals surface area contributed by atoms with Gasteiger partial charge in [-0.3, -0.25) is 15.3 Å². The number of terminal acetylenes is 1. The van der Waals surface area contributed by atoms with Crippen molar-refractivity contribution in [1.29, 1.82) is 5.41 Å². The summed E-state index contributed by atoms with van der Waals surface area (Å²) in [5, 5.41) is 22.4. The summed E-state index contributed by atoms with van der Waals surface area (Å²) in [5.41, 5.74) is 3.31. The molecule has 4 N–H and O–H groups in total. The van der Waals surface area contributed by atoms with Gasteiger partial charge in [-0.25, -0.2) is 0 Å². The molecule has 2 heterocycles. The van der Waals surface area contributed by atoms with E-state index in [-0.39, 0.29) is 18.3 Å². The average Bonchev–Trinajstić information content (AvgIpc) is 3.42. The van der Waals surface area contributed by atoms with Gasteiger partial charge in [0.1, 0.15) is 5.69 Å². The molecule has 0 atom stereocenters. The molecule has 0 saturated carbocycles. The van der Waals surface area contributed by atoms with E-state index < -0.39 is 0 Å². The van der Waals surface area contributed by atoms with Crippen molar-refractivity contribution in [2.24, 2.45) is 0 Å². The van der Waals surface area contributed by atoms with Crippen molar-refractivity contribution in [2.75, 3.05) is 11.9 Å². The zero-order chi connectivity index (χ0) is 20.2. The van der Waals surface area contributed by atoms with Gasteiger partial charge in [0, 0.05) is 23.5 Å². The lowest BCUT2D eigenvalue weighted by molar-refractivity contribution is 0.0959. The van der Waals surface area contributed by atoms with Crippen molar-refractivity contribution in [3.8, 4) is 12.3 Å². The molecule has 0 saturated heterocycles. The van der Waals surface area contributed by atoms with E-state index in [2.05, 4.69) is 26.8 Å². The van der Waals surface area contributed by atoms with Gasteiger partial charge in [-0.05, 0) is 42.5 Å². The van der Waals surface area contributed by atoms with Gasteiger partial charge in [0.15, 0.2) is 5.84 Å². The number of nitrogens with one attached hydrogen (secondary N) is 4. The van der Waals surface area contributed by atoms with Crippen LogP contribution in [-0.2, 0) is 0 Å². The van der Waals surface area contributed by atoms with Gasteiger partial charge in [0.05, 0.1) is 23.3 Å². The highest BCUT2D eigenvalue weighted by molar-refractivity contribution is 6.07. The second kappa shape index (κ2) is 7.74. The normalized spacial score (nSPS) is 10.4. The number of H-pyrrole nitrogens is 1. The SMILES string of the molecule is C#CCNC(=O)c1ccccc1Nc1ccc2c(C(=N)n3cccc3)n[nH]c2c1. The van der Waals surface area contributed by atoms with Crippen molar-refractivity contribution >= 4 is 34.0 Å². The first kappa shape index (κ1) is 18.1. The number of fused-ring (bicyclic) bond motifs is 1. The number of benzene rings is 2. The van der Waals surface area contributed by atoms with Gasteiger partial charge in [-0.1, -0.05) is 18.1 Å². The topological polar surface area (TPSA) is 98.6 Å². The molecule has 2 aromatic heterocycles. The lowest BCUT2D eigenvalue weighted by atomic mass is 10.1. The van der Waals surface area contributed by atoms with E-state index in [0.717, 1.165) is 16.6 Å². The lowest BCUT2D eigenvalue weighted by Crippen LogP contribution is -2.24. The summed E-state index contributed by atoms with van der Waals surface area (Å²) in [4.78, 5) is 12.3. The summed E-state index contributed by atoms with van der Waals surface area (Å²) in [6.07, 6.45) is 8.83. The van der Waals surface area contributed by atoms with Crippen molar-refractivity contribution in [2.45, 2.75) is 0 Å². The molecule has 1 amide bonds. The molecule has 0 aliphatic carbocycles. The minimum Gasteiger partial charge on any atom is -0.355 e. The van der Waals surface area contributed by atoms with E-state index >= 15 is 0 Å². The fourth-order valence-corrected chi connectivity index (χ4v) is 3.06. The van der Waals surface area contributed by atoms with Gasteiger partial charge in [-0.15, -0.1) is 6.42 Å². The number of aromatic nitrogens is 3. The number of carbonyl (C=O) groups is 1. The summed E-state index contributed by atoms with van der Waals surface area (Å²) >= 11 is 0. The quantitative estimate of drug-likeness (QED) is 0.242. The zero-order valence-electron chi connectivity index (χ0n) is 15.4. The van der Waals surface area contributed by atoms with Gasteiger partial charge >= 0.3 is 0 Å². The molecule has 7 heteroatoms. The van der Waals surface area contributed by atoms with Crippen LogP contribution in [0, 0.1) is 17.8 Å². The van der Waals surface area contributed by atoms with Crippen LogP contribution in [0.1, 0.15) is 16.1 Å². The minimum atomic E-state index is -0.240. The highest BCUT2D eigenvalue weighted by Crippen LogP contribution is 2.25. The maximum Gasteiger partial charge on any atom is 0.254 e. The Kier molecular flexibility index (Phi) is 4.82. The van der Waals surface area contributed by atoms with Gasteiger partial charge < -0.3 is 15.2 Å². The van der Waals surface area contributed by atoms with E-state index in [9.17, 15) is 4.79 Å². The third-order valence-corrected chi connectivity index (χ3v) is 4.45. The average molecular weight is 382 g/mol. The highest BCUT2D eigenvalue weighted by atomic mass is 16.1. The van der Waals surface area contributed by atoms with Crippen LogP contribution in [0.5, 0.6) is 0 Å². The molecule has 7 nitrogen and oxygen atoms in total. The summed E-state index contributed by atoms with van der Waals surface area (Å²) < 4.78 is 1.70. The predicted molar refractivity (Wildman–Crippen MR) is 114 cm³/mol. The van der Waals surface area contributed by atoms with Crippen LogP contribution in [-0.4, -0.2) is 33.1 Å². The Labute approximate surface area is 167 Å². The molecule has 0 fully saturated rings. The maximum atomic E-state index is 12.3. The Hall–Kier alpha value is -4.31. The Bertz CT molecular complexity index is 1230. The van der Waals surface area contributed by atoms with Gasteiger partial charge in [-0.2, -0.15) is 5.10 Å². The molecule has 4 aromatic rings. The number of rotatable bonds is 5. The Morgan fingerprint density at radius 2 is 1.97 bits per heavy atom. The summed E-state index contributed by atoms with van der Waals surface area (Å²) in [6.45, 7) is 0.170. The summed E-state index contributed by atoms with van der Waals surface area (Å²) in [5.74, 6) is 2.45. The second-order valence-corrected chi connectivity index (χ2v) is 6.33. The van der Waals surface area contributed by atoms with E-state index in [4.69, 9.17) is 11.8 Å². The number of aromatic amines is 1. The maximum absolute atomic E-state index is 12.3. The largest absolute Gasteiger partial charge is 0.355 e. The first-order chi connectivity index (χ1) is 14.2. The molecule has 142 valence electrons. The Morgan fingerprint density at radius 3 is 2.76 bits per heavy atom. The number of carbonyl (C=O) groups excluding carboxylic acids is 1. The van der Waals surface area contributed by atoms with Crippen LogP contribution in [0.25, 0.3) is 10.9 Å². The summed E-state index contributed by atoms with van der Waals surface area (Å²) in [6, 6.07) is 16.6. The van der Waals surface area contributed by atoms with Crippen LogP contribution in [0.4, 0.5) is 11.4 Å². The van der Waals surface area contributed by atoms with Crippen LogP contribution in [0.3, 0.4) is 0 Å². The number of anilines is 2. The Morgan fingerprint density at radius 1 is 1.17 bits per heavy atom. The minimum absolute atomic E-state index is 0.170. The van der Waals surface area contributed by atoms with Crippen molar-refractivity contribution < 1.29 is 4.79 Å². The fourth-order valence-electron chi connectivity index (χ4n) is 3.06. The van der Waals surface area contributed by atoms with Crippen LogP contribution in [0.15, 0.2) is 67.0 Å². The van der Waals surface area contributed by atoms with E-state index in [1.807, 2.05) is 42.5 Å². The molecule has 4 rings (SSSR count). The molecule has 0 radical (unpaired) electrons. The number of para-hydroxylation sites is 1. The van der Waals surface area contributed by atoms with E-state index in [1.54, 1.807) is 29.1 Å². The number of hydrogen-bond donors (Lipinski definition) is 4. The Balaban J connectivity index is 1.62. The summed E-state index contributed by atoms with van der Waals surface area (Å²) in [7, 11) is 0. The van der Waals surface area contributed by atoms with Crippen LogP contribution < -0.4 is 10.6 Å². The number of amides is 1. The predicted octanol–water partition coefficient (Wildman–Crippen LogP) is 3.34. The van der Waals surface area contributed by atoms with E-state index in [0.29, 0.717) is 16.9 Å². The van der Waals surface area contributed by atoms with Crippen LogP contribution in [0.2, 0.25) is 0 Å². The monoisotopic (exact) mass is 382 g/mol. The molecule has 2 aromatic carbocycles. The fraction of sp³-hybridized carbons (Fsp3) is 0.0455. The lowest BCUT2D eigenvalue weighted by Gasteiger charge is -2.12. The van der Waals surface area contributed by atoms with E-state index in [1.165, 1.54) is 0 Å². The third kappa shape index (κ3) is 3.59. The molecule has 0 unspecified atom stereocenters. The van der Waals surface area contributed by atoms with Crippen molar-refractivity contribution in [1.82, 2.24) is 20.1 Å². The first-order valence-electron chi connectivity index (χ1n) is 8.95. The second-order valence-electron chi connectivity index (χ2n) is 6.33. The van der Waals surface area contributed by atoms with Crippen LogP contribution >= 0.6 is 0 Å². The first-order valence-corrected chi connectivity index (χ1v) is 8.95. The number of nitrogens with zero attached hydrogens (tertiary/aromatic N) is 2. The molecule has 0 spiro atoms. The standard InChI is InChI=1S/C22H18N6O/c1-2-11-24-22(29)17-7-3-4-8-18(17)25-15-9-10-16-19(14-15)26-27-20(16)21(23)28-12-5-6-13-28/h1,3-10,12-14,23,25H,11H2,(H,24,29)(H,26,27). The smallest absolute Gasteiger partial charge is 0.254 e. The van der Waals surface area contributed by atoms with Crippen molar-refractivity contribution in [3.05, 3.63) is 78.2 Å².